The molecule has 186 valence electrons. The number of esters is 1. The maximum atomic E-state index is 13.2. The number of rotatable bonds is 10. The fraction of sp³-hybridized carbons (Fsp3) is 0.280. The number of carbonyl (C=O) groups is 1. The molecule has 0 aliphatic rings. The van der Waals surface area contributed by atoms with Crippen molar-refractivity contribution in [1.82, 2.24) is 0 Å². The molecular formula is C25H25FO8S. The molecule has 3 rings (SSSR count). The summed E-state index contributed by atoms with van der Waals surface area (Å²) in [5.41, 5.74) is -0.199. The van der Waals surface area contributed by atoms with Crippen molar-refractivity contribution < 1.29 is 37.7 Å². The summed E-state index contributed by atoms with van der Waals surface area (Å²) in [6.07, 6.45) is -0.236. The van der Waals surface area contributed by atoms with Gasteiger partial charge in [-0.1, -0.05) is 0 Å². The molecule has 0 saturated heterocycles. The summed E-state index contributed by atoms with van der Waals surface area (Å²) >= 11 is 1.32. The molecule has 1 heterocycles. The molecule has 10 heteroatoms. The van der Waals surface area contributed by atoms with Crippen LogP contribution < -0.4 is 19.6 Å². The average Bonchev–Trinajstić information content (AvgIpc) is 2.87. The van der Waals surface area contributed by atoms with E-state index in [-0.39, 0.29) is 29.5 Å². The van der Waals surface area contributed by atoms with Gasteiger partial charge in [0.2, 0.25) is 16.9 Å². The second kappa shape index (κ2) is 11.7. The molecule has 0 saturated carbocycles. The van der Waals surface area contributed by atoms with Crippen LogP contribution in [0.4, 0.5) is 4.39 Å². The van der Waals surface area contributed by atoms with Crippen LogP contribution in [-0.2, 0) is 15.3 Å². The monoisotopic (exact) mass is 504 g/mol. The normalized spacial score (nSPS) is 11.6. The van der Waals surface area contributed by atoms with Crippen molar-refractivity contribution in [2.75, 3.05) is 28.4 Å². The van der Waals surface area contributed by atoms with E-state index < -0.39 is 23.1 Å². The molecule has 8 nitrogen and oxygen atoms in total. The third-order valence-corrected chi connectivity index (χ3v) is 6.23. The highest BCUT2D eigenvalue weighted by Gasteiger charge is 2.29. The maximum Gasteiger partial charge on any atom is 0.306 e. The average molecular weight is 505 g/mol. The SMILES string of the molecule is COC(=O)C[C@H](c1cc(OC)c(OC)c(OC)c1)c1oc(CSc2ccc(F)cc2)cc(=O)c1O. The molecule has 0 spiro atoms. The quantitative estimate of drug-likeness (QED) is 0.316. The molecule has 0 unspecified atom stereocenters. The van der Waals surface area contributed by atoms with Gasteiger partial charge in [0.05, 0.1) is 46.5 Å². The molecule has 2 aromatic carbocycles. The standard InChI is InChI=1S/C25H25FO8S/c1-30-20-9-14(10-21(31-2)25(20)33-4)18(12-22(28)32-3)24-23(29)19(27)11-16(34-24)13-35-17-7-5-15(26)6-8-17/h5-11,18,29H,12-13H2,1-4H3/t18-/m1/s1. The van der Waals surface area contributed by atoms with Crippen molar-refractivity contribution in [2.24, 2.45) is 0 Å². The predicted molar refractivity (Wildman–Crippen MR) is 127 cm³/mol. The molecule has 0 aliphatic heterocycles. The van der Waals surface area contributed by atoms with Crippen molar-refractivity contribution in [1.29, 1.82) is 0 Å². The molecule has 0 fully saturated rings. The first kappa shape index (κ1) is 26.0. The lowest BCUT2D eigenvalue weighted by atomic mass is 9.91. The Morgan fingerprint density at radius 2 is 1.66 bits per heavy atom. The Kier molecular flexibility index (Phi) is 8.64. The van der Waals surface area contributed by atoms with Crippen LogP contribution in [-0.4, -0.2) is 39.5 Å². The number of methoxy groups -OCH3 is 4. The van der Waals surface area contributed by atoms with Gasteiger partial charge in [-0.25, -0.2) is 4.39 Å². The van der Waals surface area contributed by atoms with Crippen molar-refractivity contribution in [3.63, 3.8) is 0 Å². The number of hydrogen-bond acceptors (Lipinski definition) is 9. The van der Waals surface area contributed by atoms with Gasteiger partial charge in [-0.3, -0.25) is 9.59 Å². The smallest absolute Gasteiger partial charge is 0.306 e. The van der Waals surface area contributed by atoms with Gasteiger partial charge < -0.3 is 28.5 Å². The van der Waals surface area contributed by atoms with Gasteiger partial charge in [-0.15, -0.1) is 11.8 Å². The van der Waals surface area contributed by atoms with Crippen LogP contribution in [0.1, 0.15) is 29.4 Å². The van der Waals surface area contributed by atoms with Gasteiger partial charge in [-0.05, 0) is 42.0 Å². The van der Waals surface area contributed by atoms with Gasteiger partial charge in [0.25, 0.3) is 0 Å². The van der Waals surface area contributed by atoms with Crippen LogP contribution in [0.2, 0.25) is 0 Å². The van der Waals surface area contributed by atoms with Crippen molar-refractivity contribution >= 4 is 17.7 Å². The summed E-state index contributed by atoms with van der Waals surface area (Å²) in [6.45, 7) is 0. The molecule has 0 bridgehead atoms. The Balaban J connectivity index is 2.08. The molecule has 1 N–H and O–H groups in total. The van der Waals surface area contributed by atoms with E-state index in [1.165, 1.54) is 58.4 Å². The van der Waals surface area contributed by atoms with E-state index in [9.17, 15) is 19.1 Å². The summed E-state index contributed by atoms with van der Waals surface area (Å²) in [5.74, 6) is -1.10. The van der Waals surface area contributed by atoms with Crippen LogP contribution in [0.25, 0.3) is 0 Å². The second-order valence-corrected chi connectivity index (χ2v) is 8.37. The van der Waals surface area contributed by atoms with E-state index in [4.69, 9.17) is 23.4 Å². The van der Waals surface area contributed by atoms with E-state index >= 15 is 0 Å². The zero-order valence-corrected chi connectivity index (χ0v) is 20.4. The molecule has 1 aromatic heterocycles. The lowest BCUT2D eigenvalue weighted by Crippen LogP contribution is -2.14. The summed E-state index contributed by atoms with van der Waals surface area (Å²) in [6, 6.07) is 10.3. The molecule has 1 atom stereocenters. The molecule has 3 aromatic rings. The Morgan fingerprint density at radius 3 is 2.20 bits per heavy atom. The van der Waals surface area contributed by atoms with Gasteiger partial charge in [0, 0.05) is 11.0 Å². The summed E-state index contributed by atoms with van der Waals surface area (Å²) in [4.78, 5) is 25.6. The topological polar surface area (TPSA) is 104 Å². The van der Waals surface area contributed by atoms with E-state index in [0.29, 0.717) is 22.8 Å². The number of benzene rings is 2. The molecule has 35 heavy (non-hydrogen) atoms. The fourth-order valence-corrected chi connectivity index (χ4v) is 4.24. The molecule has 0 amide bonds. The third-order valence-electron chi connectivity index (χ3n) is 5.20. The first-order chi connectivity index (χ1) is 16.8. The minimum Gasteiger partial charge on any atom is -0.502 e. The van der Waals surface area contributed by atoms with Crippen molar-refractivity contribution in [3.05, 3.63) is 75.6 Å². The maximum absolute atomic E-state index is 13.2. The second-order valence-electron chi connectivity index (χ2n) is 7.32. The lowest BCUT2D eigenvalue weighted by molar-refractivity contribution is -0.140. The minimum atomic E-state index is -0.903. The van der Waals surface area contributed by atoms with Crippen LogP contribution in [0.15, 0.2) is 56.6 Å². The zero-order valence-electron chi connectivity index (χ0n) is 19.6. The Bertz CT molecular complexity index is 1210. The summed E-state index contributed by atoms with van der Waals surface area (Å²) in [7, 11) is 5.59. The largest absolute Gasteiger partial charge is 0.502 e. The number of carbonyl (C=O) groups excluding carboxylic acids is 1. The number of aromatic hydroxyl groups is 1. The number of ether oxygens (including phenoxy) is 4. The summed E-state index contributed by atoms with van der Waals surface area (Å²) < 4.78 is 40.1. The van der Waals surface area contributed by atoms with Gasteiger partial charge in [-0.2, -0.15) is 0 Å². The number of hydrogen-bond donors (Lipinski definition) is 1. The van der Waals surface area contributed by atoms with E-state index in [0.717, 1.165) is 4.90 Å². The Labute approximate surface area is 205 Å². The fourth-order valence-electron chi connectivity index (χ4n) is 3.46. The Hall–Kier alpha value is -3.66. The molecule has 0 aliphatic carbocycles. The predicted octanol–water partition coefficient (Wildman–Crippen LogP) is 4.50. The minimum absolute atomic E-state index is 0.105. The molecular weight excluding hydrogens is 479 g/mol. The van der Waals surface area contributed by atoms with Gasteiger partial charge in [0.1, 0.15) is 11.6 Å². The van der Waals surface area contributed by atoms with E-state index in [1.807, 2.05) is 0 Å². The van der Waals surface area contributed by atoms with Gasteiger partial charge >= 0.3 is 5.97 Å². The first-order valence-electron chi connectivity index (χ1n) is 10.4. The van der Waals surface area contributed by atoms with Crippen LogP contribution in [0.5, 0.6) is 23.0 Å². The highest BCUT2D eigenvalue weighted by Crippen LogP contribution is 2.43. The van der Waals surface area contributed by atoms with Gasteiger partial charge in [0.15, 0.2) is 17.3 Å². The first-order valence-corrected chi connectivity index (χ1v) is 11.4. The van der Waals surface area contributed by atoms with Crippen LogP contribution >= 0.6 is 11.8 Å². The van der Waals surface area contributed by atoms with E-state index in [2.05, 4.69) is 0 Å². The summed E-state index contributed by atoms with van der Waals surface area (Å²) in [5, 5.41) is 10.6. The highest BCUT2D eigenvalue weighted by molar-refractivity contribution is 7.98. The van der Waals surface area contributed by atoms with E-state index in [1.54, 1.807) is 24.3 Å². The lowest BCUT2D eigenvalue weighted by Gasteiger charge is -2.20. The van der Waals surface area contributed by atoms with Crippen molar-refractivity contribution in [3.8, 4) is 23.0 Å². The third kappa shape index (κ3) is 6.07. The number of thioether (sulfide) groups is 1. The highest BCUT2D eigenvalue weighted by atomic mass is 32.2. The number of halogens is 1. The zero-order chi connectivity index (χ0) is 25.5. The Morgan fingerprint density at radius 1 is 1.03 bits per heavy atom. The van der Waals surface area contributed by atoms with Crippen LogP contribution in [0.3, 0.4) is 0 Å². The van der Waals surface area contributed by atoms with Crippen LogP contribution in [0, 0.1) is 5.82 Å². The molecule has 0 radical (unpaired) electrons. The van der Waals surface area contributed by atoms with Crippen molar-refractivity contribution in [2.45, 2.75) is 23.0 Å².